The Morgan fingerprint density at radius 3 is 1.86 bits per heavy atom. The third kappa shape index (κ3) is 5.35. The molecule has 0 aliphatic carbocycles. The summed E-state index contributed by atoms with van der Waals surface area (Å²) in [5, 5.41) is 0. The zero-order valence-electron chi connectivity index (χ0n) is 8.99. The van der Waals surface area contributed by atoms with E-state index < -0.39 is 18.2 Å². The smallest absolute Gasteiger partial charge is 0.305 e. The molecule has 0 amide bonds. The van der Waals surface area contributed by atoms with Crippen molar-refractivity contribution in [2.75, 3.05) is 0 Å². The molecule has 4 heteroatoms. The second-order valence-corrected chi connectivity index (χ2v) is 2.91. The van der Waals surface area contributed by atoms with Crippen LogP contribution >= 0.6 is 0 Å². The van der Waals surface area contributed by atoms with E-state index in [1.807, 2.05) is 13.0 Å². The maximum absolute atomic E-state index is 10.7. The number of hydrogen-bond acceptors (Lipinski definition) is 4. The summed E-state index contributed by atoms with van der Waals surface area (Å²) in [5.74, 6) is -0.944. The van der Waals surface area contributed by atoms with E-state index in [-0.39, 0.29) is 0 Å². The molecule has 4 nitrogen and oxygen atoms in total. The molecule has 0 rings (SSSR count). The van der Waals surface area contributed by atoms with E-state index >= 15 is 0 Å². The Bertz CT molecular complexity index is 227. The normalized spacial score (nSPS) is 11.4. The Hall–Kier alpha value is -1.32. The summed E-state index contributed by atoms with van der Waals surface area (Å²) >= 11 is 0. The zero-order chi connectivity index (χ0) is 11.1. The molecule has 0 aliphatic rings. The van der Waals surface area contributed by atoms with Crippen LogP contribution in [0.4, 0.5) is 0 Å². The molecule has 0 fully saturated rings. The van der Waals surface area contributed by atoms with Crippen LogP contribution in [0.5, 0.6) is 0 Å². The average Bonchev–Trinajstić information content (AvgIpc) is 2.01. The van der Waals surface area contributed by atoms with E-state index in [4.69, 9.17) is 9.47 Å². The van der Waals surface area contributed by atoms with Crippen molar-refractivity contribution in [2.24, 2.45) is 0 Å². The number of rotatable bonds is 4. The average molecular weight is 200 g/mol. The minimum atomic E-state index is -0.884. The summed E-state index contributed by atoms with van der Waals surface area (Å²) in [6.45, 7) is 6.24. The van der Waals surface area contributed by atoms with Crippen LogP contribution in [-0.2, 0) is 19.1 Å². The van der Waals surface area contributed by atoms with Gasteiger partial charge in [0.2, 0.25) is 0 Å². The number of carbonyl (C=O) groups is 2. The lowest BCUT2D eigenvalue weighted by Gasteiger charge is -2.16. The van der Waals surface area contributed by atoms with E-state index in [0.717, 1.165) is 12.0 Å². The van der Waals surface area contributed by atoms with Gasteiger partial charge in [-0.3, -0.25) is 9.59 Å². The minimum Gasteiger partial charge on any atom is -0.421 e. The Morgan fingerprint density at radius 1 is 1.14 bits per heavy atom. The Balaban J connectivity index is 4.45. The van der Waals surface area contributed by atoms with Gasteiger partial charge in [-0.25, -0.2) is 0 Å². The molecule has 0 spiro atoms. The van der Waals surface area contributed by atoms with E-state index in [2.05, 4.69) is 0 Å². The van der Waals surface area contributed by atoms with E-state index in [1.54, 1.807) is 6.92 Å². The van der Waals surface area contributed by atoms with Gasteiger partial charge < -0.3 is 9.47 Å². The van der Waals surface area contributed by atoms with Crippen LogP contribution in [0, 0.1) is 0 Å². The summed E-state index contributed by atoms with van der Waals surface area (Å²) in [6.07, 6.45) is 1.76. The molecule has 14 heavy (non-hydrogen) atoms. The second kappa shape index (κ2) is 6.18. The van der Waals surface area contributed by atoms with Gasteiger partial charge in [0, 0.05) is 19.4 Å². The molecule has 0 unspecified atom stereocenters. The van der Waals surface area contributed by atoms with E-state index in [1.165, 1.54) is 13.8 Å². The standard InChI is InChI=1S/C10H16O4/c1-5-6-7(2)10(13-8(3)11)14-9(4)12/h6,10H,5H2,1-4H3. The molecule has 0 aromatic heterocycles. The molecule has 0 aliphatic heterocycles. The van der Waals surface area contributed by atoms with Gasteiger partial charge >= 0.3 is 11.9 Å². The lowest BCUT2D eigenvalue weighted by atomic mass is 10.2. The number of carbonyl (C=O) groups excluding carboxylic acids is 2. The molecule has 0 radical (unpaired) electrons. The lowest BCUT2D eigenvalue weighted by molar-refractivity contribution is -0.178. The molecule has 0 heterocycles. The zero-order valence-corrected chi connectivity index (χ0v) is 8.99. The van der Waals surface area contributed by atoms with Crippen LogP contribution in [0.3, 0.4) is 0 Å². The first-order chi connectivity index (χ1) is 6.47. The molecule has 0 aromatic rings. The molecule has 80 valence electrons. The minimum absolute atomic E-state index is 0.472. The van der Waals surface area contributed by atoms with Crippen molar-refractivity contribution in [2.45, 2.75) is 40.4 Å². The highest BCUT2D eigenvalue weighted by Gasteiger charge is 2.16. The summed E-state index contributed by atoms with van der Waals surface area (Å²) in [7, 11) is 0. The van der Waals surface area contributed by atoms with Crippen LogP contribution in [0.2, 0.25) is 0 Å². The highest BCUT2D eigenvalue weighted by Crippen LogP contribution is 2.09. The van der Waals surface area contributed by atoms with E-state index in [0.29, 0.717) is 0 Å². The van der Waals surface area contributed by atoms with Gasteiger partial charge in [-0.1, -0.05) is 13.0 Å². The third-order valence-electron chi connectivity index (χ3n) is 1.44. The first-order valence-electron chi connectivity index (χ1n) is 4.48. The van der Waals surface area contributed by atoms with Gasteiger partial charge in [-0.15, -0.1) is 0 Å². The molecule has 0 saturated carbocycles. The predicted molar refractivity (Wildman–Crippen MR) is 51.4 cm³/mol. The summed E-state index contributed by atoms with van der Waals surface area (Å²) < 4.78 is 9.65. The van der Waals surface area contributed by atoms with Crippen molar-refractivity contribution < 1.29 is 19.1 Å². The van der Waals surface area contributed by atoms with E-state index in [9.17, 15) is 9.59 Å². The SMILES string of the molecule is CCC=C(C)C(OC(C)=O)OC(C)=O. The summed E-state index contributed by atoms with van der Waals surface area (Å²) in [5.41, 5.74) is 0.720. The fraction of sp³-hybridized carbons (Fsp3) is 0.600. The first kappa shape index (κ1) is 12.7. The molecule has 0 bridgehead atoms. The highest BCUT2D eigenvalue weighted by atomic mass is 16.7. The maximum atomic E-state index is 10.7. The largest absolute Gasteiger partial charge is 0.421 e. The van der Waals surface area contributed by atoms with Crippen LogP contribution in [0.1, 0.15) is 34.1 Å². The number of hydrogen-bond donors (Lipinski definition) is 0. The van der Waals surface area contributed by atoms with Crippen LogP contribution in [-0.4, -0.2) is 18.2 Å². The van der Waals surface area contributed by atoms with Gasteiger partial charge in [-0.05, 0) is 13.3 Å². The van der Waals surface area contributed by atoms with Crippen molar-refractivity contribution in [1.29, 1.82) is 0 Å². The number of esters is 2. The monoisotopic (exact) mass is 200 g/mol. The van der Waals surface area contributed by atoms with Gasteiger partial charge in [0.15, 0.2) is 0 Å². The third-order valence-corrected chi connectivity index (χ3v) is 1.44. The quantitative estimate of drug-likeness (QED) is 0.394. The number of allylic oxidation sites excluding steroid dienone is 1. The summed E-state index contributed by atoms with van der Waals surface area (Å²) in [4.78, 5) is 21.4. The Labute approximate surface area is 83.9 Å². The van der Waals surface area contributed by atoms with Crippen LogP contribution in [0.25, 0.3) is 0 Å². The molecular formula is C10H16O4. The number of ether oxygens (including phenoxy) is 2. The molecule has 0 saturated heterocycles. The van der Waals surface area contributed by atoms with Crippen molar-refractivity contribution in [3.05, 3.63) is 11.6 Å². The topological polar surface area (TPSA) is 52.6 Å². The molecule has 0 aromatic carbocycles. The second-order valence-electron chi connectivity index (χ2n) is 2.91. The fourth-order valence-electron chi connectivity index (χ4n) is 0.930. The molecular weight excluding hydrogens is 184 g/mol. The van der Waals surface area contributed by atoms with Gasteiger partial charge in [-0.2, -0.15) is 0 Å². The maximum Gasteiger partial charge on any atom is 0.305 e. The van der Waals surface area contributed by atoms with Crippen molar-refractivity contribution in [1.82, 2.24) is 0 Å². The summed E-state index contributed by atoms with van der Waals surface area (Å²) in [6, 6.07) is 0. The fourth-order valence-corrected chi connectivity index (χ4v) is 0.930. The van der Waals surface area contributed by atoms with Crippen molar-refractivity contribution >= 4 is 11.9 Å². The Kier molecular flexibility index (Phi) is 5.60. The molecule has 0 N–H and O–H groups in total. The van der Waals surface area contributed by atoms with Gasteiger partial charge in [0.05, 0.1) is 0 Å². The highest BCUT2D eigenvalue weighted by molar-refractivity contribution is 5.68. The van der Waals surface area contributed by atoms with Crippen molar-refractivity contribution in [3.63, 3.8) is 0 Å². The Morgan fingerprint density at radius 2 is 1.57 bits per heavy atom. The molecule has 0 atom stereocenters. The van der Waals surface area contributed by atoms with Crippen LogP contribution in [0.15, 0.2) is 11.6 Å². The van der Waals surface area contributed by atoms with Crippen molar-refractivity contribution in [3.8, 4) is 0 Å². The van der Waals surface area contributed by atoms with Gasteiger partial charge in [0.25, 0.3) is 6.29 Å². The predicted octanol–water partition coefficient (Wildman–Crippen LogP) is 1.79. The van der Waals surface area contributed by atoms with Gasteiger partial charge in [0.1, 0.15) is 0 Å². The van der Waals surface area contributed by atoms with Crippen LogP contribution < -0.4 is 0 Å². The first-order valence-corrected chi connectivity index (χ1v) is 4.48. The lowest BCUT2D eigenvalue weighted by Crippen LogP contribution is -2.23.